The molecular formula is C15H19NO7S. The molecule has 0 bridgehead atoms. The Bertz CT molecular complexity index is 742. The molecular weight excluding hydrogens is 338 g/mol. The van der Waals surface area contributed by atoms with E-state index in [0.717, 1.165) is 6.26 Å². The van der Waals surface area contributed by atoms with Crippen LogP contribution in [0.2, 0.25) is 0 Å². The highest BCUT2D eigenvalue weighted by Gasteiger charge is 2.54. The molecule has 0 spiro atoms. The van der Waals surface area contributed by atoms with Gasteiger partial charge in [-0.05, 0) is 38.1 Å². The van der Waals surface area contributed by atoms with Crippen molar-refractivity contribution in [2.24, 2.45) is 0 Å². The fourth-order valence-electron chi connectivity index (χ4n) is 2.74. The number of fused-ring (bicyclic) bond motifs is 1. The number of benzene rings is 1. The Morgan fingerprint density at radius 2 is 1.96 bits per heavy atom. The lowest BCUT2D eigenvalue weighted by Crippen LogP contribution is -2.36. The van der Waals surface area contributed by atoms with E-state index in [1.807, 2.05) is 0 Å². The zero-order chi connectivity index (χ0) is 17.5. The largest absolute Gasteiger partial charge is 0.622 e. The molecule has 2 aliphatic heterocycles. The van der Waals surface area contributed by atoms with Crippen molar-refractivity contribution in [2.75, 3.05) is 12.9 Å². The molecule has 1 aromatic carbocycles. The van der Waals surface area contributed by atoms with Crippen molar-refractivity contribution in [2.45, 2.75) is 38.1 Å². The van der Waals surface area contributed by atoms with E-state index in [4.69, 9.17) is 18.4 Å². The Labute approximate surface area is 140 Å². The number of nitrogens with zero attached hydrogens (tertiary/aromatic N) is 1. The molecule has 3 rings (SSSR count). The Hall–Kier alpha value is -1.68. The highest BCUT2D eigenvalue weighted by Crippen LogP contribution is 2.35. The van der Waals surface area contributed by atoms with Gasteiger partial charge in [0.2, 0.25) is 0 Å². The highest BCUT2D eigenvalue weighted by molar-refractivity contribution is 7.86. The molecule has 0 aromatic heterocycles. The molecule has 0 radical (unpaired) electrons. The lowest BCUT2D eigenvalue weighted by atomic mass is 10.2. The first-order valence-corrected chi connectivity index (χ1v) is 9.22. The van der Waals surface area contributed by atoms with E-state index >= 15 is 0 Å². The van der Waals surface area contributed by atoms with E-state index in [0.29, 0.717) is 16.9 Å². The van der Waals surface area contributed by atoms with Crippen molar-refractivity contribution >= 4 is 16.3 Å². The summed E-state index contributed by atoms with van der Waals surface area (Å²) in [6.45, 7) is 3.88. The van der Waals surface area contributed by atoms with Gasteiger partial charge < -0.3 is 23.6 Å². The highest BCUT2D eigenvalue weighted by atomic mass is 32.2. The summed E-state index contributed by atoms with van der Waals surface area (Å²) >= 11 is 0. The third-order valence-electron chi connectivity index (χ3n) is 3.59. The van der Waals surface area contributed by atoms with Crippen LogP contribution >= 0.6 is 0 Å². The van der Waals surface area contributed by atoms with E-state index in [1.165, 1.54) is 18.3 Å². The van der Waals surface area contributed by atoms with E-state index in [2.05, 4.69) is 0 Å². The Morgan fingerprint density at radius 1 is 1.29 bits per heavy atom. The van der Waals surface area contributed by atoms with Crippen LogP contribution in [-0.4, -0.2) is 56.5 Å². The monoisotopic (exact) mass is 357 g/mol. The first kappa shape index (κ1) is 17.2. The van der Waals surface area contributed by atoms with Gasteiger partial charge in [0.25, 0.3) is 6.23 Å². The Balaban J connectivity index is 1.72. The van der Waals surface area contributed by atoms with Crippen LogP contribution < -0.4 is 4.18 Å². The van der Waals surface area contributed by atoms with Gasteiger partial charge >= 0.3 is 10.1 Å². The molecule has 3 atom stereocenters. The minimum atomic E-state index is -3.58. The molecule has 2 aliphatic rings. The van der Waals surface area contributed by atoms with Crippen LogP contribution in [-0.2, 0) is 24.3 Å². The van der Waals surface area contributed by atoms with Crippen LogP contribution in [0.4, 0.5) is 0 Å². The second kappa shape index (κ2) is 5.99. The summed E-state index contributed by atoms with van der Waals surface area (Å²) < 4.78 is 44.4. The van der Waals surface area contributed by atoms with Crippen molar-refractivity contribution in [3.63, 3.8) is 0 Å². The third-order valence-corrected chi connectivity index (χ3v) is 4.08. The van der Waals surface area contributed by atoms with Gasteiger partial charge in [0.05, 0.1) is 12.9 Å². The standard InChI is InChI=1S/C15H19NO7S/c1-15(2)21-12-9-20-14(13(12)22-15)16(17)8-10-4-6-11(7-5-10)23-24(3,18)19/h4-8,12-14H,9H2,1-3H3/b16-8-/t12-,13-,14-/m1/s1. The lowest BCUT2D eigenvalue weighted by molar-refractivity contribution is -0.558. The molecule has 0 aliphatic carbocycles. The van der Waals surface area contributed by atoms with E-state index < -0.39 is 28.2 Å². The van der Waals surface area contributed by atoms with Crippen LogP contribution in [0.1, 0.15) is 19.4 Å². The predicted octanol–water partition coefficient (Wildman–Crippen LogP) is 0.831. The normalized spacial score (nSPS) is 29.5. The average Bonchev–Trinajstić information content (AvgIpc) is 2.94. The molecule has 2 saturated heterocycles. The molecule has 0 saturated carbocycles. The molecule has 0 amide bonds. The topological polar surface area (TPSA) is 97.1 Å². The number of hydroxylamine groups is 1. The minimum Gasteiger partial charge on any atom is -0.622 e. The summed E-state index contributed by atoms with van der Waals surface area (Å²) in [5, 5.41) is 12.4. The van der Waals surface area contributed by atoms with Gasteiger partial charge in [-0.15, -0.1) is 0 Å². The van der Waals surface area contributed by atoms with E-state index in [9.17, 15) is 13.6 Å². The van der Waals surface area contributed by atoms with Gasteiger partial charge in [-0.3, -0.25) is 0 Å². The minimum absolute atomic E-state index is 0.179. The van der Waals surface area contributed by atoms with Crippen molar-refractivity contribution in [3.8, 4) is 5.75 Å². The van der Waals surface area contributed by atoms with Crippen LogP contribution in [0.15, 0.2) is 24.3 Å². The zero-order valence-electron chi connectivity index (χ0n) is 13.5. The van der Waals surface area contributed by atoms with Gasteiger partial charge in [-0.1, -0.05) is 0 Å². The predicted molar refractivity (Wildman–Crippen MR) is 84.3 cm³/mol. The molecule has 1 aromatic rings. The number of hydrogen-bond acceptors (Lipinski definition) is 7. The number of hydrogen-bond donors (Lipinski definition) is 0. The van der Waals surface area contributed by atoms with Gasteiger partial charge in [0.1, 0.15) is 11.9 Å². The van der Waals surface area contributed by atoms with Crippen molar-refractivity contribution < 1.29 is 31.6 Å². The van der Waals surface area contributed by atoms with Crippen molar-refractivity contribution in [1.82, 2.24) is 0 Å². The number of rotatable bonds is 4. The zero-order valence-corrected chi connectivity index (χ0v) is 14.4. The van der Waals surface area contributed by atoms with Crippen molar-refractivity contribution in [3.05, 3.63) is 35.0 Å². The Kier molecular flexibility index (Phi) is 4.28. The molecule has 2 heterocycles. The Morgan fingerprint density at radius 3 is 2.58 bits per heavy atom. The maximum Gasteiger partial charge on any atom is 0.306 e. The first-order valence-electron chi connectivity index (χ1n) is 7.40. The second-order valence-corrected chi connectivity index (χ2v) is 7.78. The van der Waals surface area contributed by atoms with Crippen molar-refractivity contribution in [1.29, 1.82) is 0 Å². The summed E-state index contributed by atoms with van der Waals surface area (Å²) in [6, 6.07) is 6.09. The fraction of sp³-hybridized carbons (Fsp3) is 0.533. The molecule has 8 nitrogen and oxygen atoms in total. The summed E-state index contributed by atoms with van der Waals surface area (Å²) in [5.74, 6) is -0.554. The average molecular weight is 357 g/mol. The summed E-state index contributed by atoms with van der Waals surface area (Å²) in [6.07, 6.45) is 0.808. The fourth-order valence-corrected chi connectivity index (χ4v) is 3.21. The molecule has 132 valence electrons. The first-order chi connectivity index (χ1) is 11.1. The summed E-state index contributed by atoms with van der Waals surface area (Å²) in [4.78, 5) is 0. The SMILES string of the molecule is CC1(C)O[C@H]2[C@H](/[N+]([O-])=C/c3ccc(OS(C)(=O)=O)cc3)OC[C@H]2O1. The summed E-state index contributed by atoms with van der Waals surface area (Å²) in [7, 11) is -3.58. The van der Waals surface area contributed by atoms with Crippen LogP contribution in [0.25, 0.3) is 0 Å². The molecule has 2 fully saturated rings. The maximum atomic E-state index is 12.4. The van der Waals surface area contributed by atoms with Gasteiger partial charge in [-0.2, -0.15) is 13.2 Å². The van der Waals surface area contributed by atoms with Gasteiger partial charge in [-0.25, -0.2) is 0 Å². The smallest absolute Gasteiger partial charge is 0.306 e. The van der Waals surface area contributed by atoms with Crippen LogP contribution in [0.3, 0.4) is 0 Å². The molecule has 0 unspecified atom stereocenters. The maximum absolute atomic E-state index is 12.4. The van der Waals surface area contributed by atoms with Gasteiger partial charge in [0.15, 0.2) is 18.1 Å². The third kappa shape index (κ3) is 3.86. The summed E-state index contributed by atoms with van der Waals surface area (Å²) in [5.41, 5.74) is 0.580. The van der Waals surface area contributed by atoms with Gasteiger partial charge in [0, 0.05) is 5.56 Å². The quantitative estimate of drug-likeness (QED) is 0.259. The molecule has 0 N–H and O–H groups in total. The molecule has 9 heteroatoms. The van der Waals surface area contributed by atoms with E-state index in [1.54, 1.807) is 26.0 Å². The lowest BCUT2D eigenvalue weighted by Gasteiger charge is -2.20. The van der Waals surface area contributed by atoms with Crippen LogP contribution in [0.5, 0.6) is 5.75 Å². The second-order valence-electron chi connectivity index (χ2n) is 6.21. The van der Waals surface area contributed by atoms with E-state index in [-0.39, 0.29) is 11.9 Å². The van der Waals surface area contributed by atoms with Crippen LogP contribution in [0, 0.1) is 5.21 Å². The number of ether oxygens (including phenoxy) is 3. The molecule has 24 heavy (non-hydrogen) atoms.